The Balaban J connectivity index is 1.90. The third-order valence-corrected chi connectivity index (χ3v) is 2.94. The summed E-state index contributed by atoms with van der Waals surface area (Å²) in [6.07, 6.45) is 1.14. The van der Waals surface area contributed by atoms with Crippen LogP contribution in [0.1, 0.15) is 35.0 Å². The van der Waals surface area contributed by atoms with Crippen molar-refractivity contribution in [3.05, 3.63) is 44.3 Å². The highest BCUT2D eigenvalue weighted by Gasteiger charge is 2.19. The normalized spacial score (nSPS) is 12.5. The second-order valence-corrected chi connectivity index (χ2v) is 4.60. The van der Waals surface area contributed by atoms with Gasteiger partial charge in [0.2, 0.25) is 0 Å². The molecule has 114 valence electrons. The first kappa shape index (κ1) is 13.7. The summed E-state index contributed by atoms with van der Waals surface area (Å²) < 4.78 is 5.43. The van der Waals surface area contributed by atoms with Crippen molar-refractivity contribution in [3.8, 4) is 0 Å². The van der Waals surface area contributed by atoms with Gasteiger partial charge in [-0.25, -0.2) is 9.78 Å². The van der Waals surface area contributed by atoms with Crippen LogP contribution in [0.4, 0.5) is 0 Å². The molecule has 1 atom stereocenters. The lowest BCUT2D eigenvalue weighted by atomic mass is 10.2. The third kappa shape index (κ3) is 2.28. The number of fused-ring (bicyclic) bond motifs is 1. The van der Waals surface area contributed by atoms with Gasteiger partial charge in [0.15, 0.2) is 5.82 Å². The van der Waals surface area contributed by atoms with Crippen molar-refractivity contribution >= 4 is 11.7 Å². The van der Waals surface area contributed by atoms with E-state index >= 15 is 0 Å². The molecule has 3 heterocycles. The summed E-state index contributed by atoms with van der Waals surface area (Å²) in [6.45, 7) is 3.24. The molecule has 22 heavy (non-hydrogen) atoms. The van der Waals surface area contributed by atoms with E-state index in [4.69, 9.17) is 0 Å². The molecule has 0 fully saturated rings. The van der Waals surface area contributed by atoms with Gasteiger partial charge in [-0.2, -0.15) is 9.50 Å². The van der Waals surface area contributed by atoms with Crippen molar-refractivity contribution in [2.45, 2.75) is 19.9 Å². The van der Waals surface area contributed by atoms with Crippen LogP contribution in [-0.2, 0) is 0 Å². The Morgan fingerprint density at radius 1 is 1.45 bits per heavy atom. The Kier molecular flexibility index (Phi) is 3.09. The minimum absolute atomic E-state index is 0.143. The van der Waals surface area contributed by atoms with Gasteiger partial charge in [0.1, 0.15) is 11.4 Å². The fourth-order valence-corrected chi connectivity index (χ4v) is 1.89. The highest BCUT2D eigenvalue weighted by molar-refractivity contribution is 5.93. The van der Waals surface area contributed by atoms with Crippen LogP contribution in [0.5, 0.6) is 0 Å². The molecule has 3 rings (SSSR count). The Hall–Kier alpha value is -3.24. The maximum absolute atomic E-state index is 12.2. The van der Waals surface area contributed by atoms with E-state index in [0.717, 1.165) is 10.7 Å². The maximum atomic E-state index is 12.2. The Labute approximate surface area is 121 Å². The van der Waals surface area contributed by atoms with Crippen LogP contribution in [0.2, 0.25) is 0 Å². The van der Waals surface area contributed by atoms with Gasteiger partial charge in [-0.3, -0.25) is 24.2 Å². The summed E-state index contributed by atoms with van der Waals surface area (Å²) in [5.41, 5.74) is -0.747. The van der Waals surface area contributed by atoms with Gasteiger partial charge in [-0.15, -0.1) is 0 Å². The maximum Gasteiger partial charge on any atom is 0.438 e. The lowest BCUT2D eigenvalue weighted by molar-refractivity contribution is 0.0935. The fourth-order valence-electron chi connectivity index (χ4n) is 1.89. The second-order valence-electron chi connectivity index (χ2n) is 4.60. The molecule has 0 aliphatic rings. The van der Waals surface area contributed by atoms with Crippen LogP contribution in [0.25, 0.3) is 5.78 Å². The summed E-state index contributed by atoms with van der Waals surface area (Å²) in [5.74, 6) is -0.573. The first-order valence-electron chi connectivity index (χ1n) is 6.27. The van der Waals surface area contributed by atoms with Crippen molar-refractivity contribution < 1.29 is 9.32 Å². The molecule has 0 aliphatic carbocycles. The zero-order valence-electron chi connectivity index (χ0n) is 11.6. The zero-order chi connectivity index (χ0) is 15.9. The summed E-state index contributed by atoms with van der Waals surface area (Å²) in [6, 6.07) is -0.650. The second kappa shape index (κ2) is 4.95. The average Bonchev–Trinajstić information content (AvgIpc) is 3.04. The number of hydrogen-bond donors (Lipinski definition) is 3. The van der Waals surface area contributed by atoms with E-state index in [1.54, 1.807) is 13.8 Å². The molecule has 0 saturated carbocycles. The first-order chi connectivity index (χ1) is 10.5. The highest BCUT2D eigenvalue weighted by Crippen LogP contribution is 2.05. The quantitative estimate of drug-likeness (QED) is 0.555. The van der Waals surface area contributed by atoms with Crippen LogP contribution in [0, 0.1) is 6.92 Å². The van der Waals surface area contributed by atoms with Gasteiger partial charge in [-0.1, -0.05) is 5.16 Å². The topological polar surface area (TPSA) is 151 Å². The number of hydrogen-bond acceptors (Lipinski definition) is 7. The highest BCUT2D eigenvalue weighted by atomic mass is 16.5. The summed E-state index contributed by atoms with van der Waals surface area (Å²) in [7, 11) is 0. The lowest BCUT2D eigenvalue weighted by Crippen LogP contribution is -2.33. The van der Waals surface area contributed by atoms with Crippen LogP contribution >= 0.6 is 0 Å². The summed E-state index contributed by atoms with van der Waals surface area (Å²) >= 11 is 0. The smallest absolute Gasteiger partial charge is 0.342 e. The van der Waals surface area contributed by atoms with Crippen molar-refractivity contribution in [2.24, 2.45) is 0 Å². The predicted octanol–water partition coefficient (Wildman–Crippen LogP) is -1.11. The average molecular weight is 305 g/mol. The number of rotatable bonds is 3. The van der Waals surface area contributed by atoms with Gasteiger partial charge < -0.3 is 5.32 Å². The molecular weight excluding hydrogens is 294 g/mol. The van der Waals surface area contributed by atoms with E-state index in [9.17, 15) is 14.4 Å². The molecule has 11 heteroatoms. The molecule has 0 radical (unpaired) electrons. The number of H-pyrrole nitrogens is 2. The number of aromatic amines is 2. The minimum atomic E-state index is -0.729. The SMILES string of the molecule is Cc1nc2ncc(C(=O)NC(C)c3noc(=O)[nH]3)c(=O)n2[nH]1. The van der Waals surface area contributed by atoms with E-state index in [1.807, 2.05) is 0 Å². The number of aromatic nitrogens is 6. The monoisotopic (exact) mass is 305 g/mol. The number of nitrogens with zero attached hydrogens (tertiary/aromatic N) is 4. The molecule has 0 aliphatic heterocycles. The van der Waals surface area contributed by atoms with Gasteiger partial charge in [-0.05, 0) is 13.8 Å². The van der Waals surface area contributed by atoms with Crippen LogP contribution in [-0.4, -0.2) is 35.6 Å². The lowest BCUT2D eigenvalue weighted by Gasteiger charge is -2.09. The van der Waals surface area contributed by atoms with E-state index in [2.05, 4.69) is 35.0 Å². The Morgan fingerprint density at radius 3 is 2.91 bits per heavy atom. The van der Waals surface area contributed by atoms with Crippen molar-refractivity contribution in [1.29, 1.82) is 0 Å². The van der Waals surface area contributed by atoms with Crippen LogP contribution < -0.4 is 16.6 Å². The predicted molar refractivity (Wildman–Crippen MR) is 71.3 cm³/mol. The molecule has 1 amide bonds. The number of amides is 1. The van der Waals surface area contributed by atoms with E-state index in [1.165, 1.54) is 0 Å². The van der Waals surface area contributed by atoms with Gasteiger partial charge in [0.05, 0.1) is 6.04 Å². The molecule has 3 aromatic heterocycles. The number of carbonyl (C=O) groups is 1. The first-order valence-corrected chi connectivity index (χ1v) is 6.27. The van der Waals surface area contributed by atoms with Gasteiger partial charge in [0.25, 0.3) is 17.2 Å². The molecule has 0 bridgehead atoms. The number of carbonyl (C=O) groups excluding carboxylic acids is 1. The van der Waals surface area contributed by atoms with Crippen LogP contribution in [0.15, 0.2) is 20.3 Å². The molecule has 3 N–H and O–H groups in total. The summed E-state index contributed by atoms with van der Waals surface area (Å²) in [4.78, 5) is 45.5. The molecular formula is C11H11N7O4. The molecule has 0 aromatic carbocycles. The number of nitrogens with one attached hydrogen (secondary N) is 3. The van der Waals surface area contributed by atoms with Gasteiger partial charge >= 0.3 is 5.76 Å². The van der Waals surface area contributed by atoms with E-state index in [-0.39, 0.29) is 17.2 Å². The standard InChI is InChI=1S/C11H11N7O4/c1-4(7-15-11(21)22-17-7)13-8(19)6-3-12-10-14-5(2)16-18(10)9(6)20/h3-4H,1-2H3,(H,13,19)(H,12,14,16)(H,15,17,21). The fraction of sp³-hybridized carbons (Fsp3) is 0.273. The summed E-state index contributed by atoms with van der Waals surface area (Å²) in [5, 5.41) is 8.67. The van der Waals surface area contributed by atoms with Crippen molar-refractivity contribution in [2.75, 3.05) is 0 Å². The molecule has 3 aromatic rings. The van der Waals surface area contributed by atoms with E-state index in [0.29, 0.717) is 5.82 Å². The largest absolute Gasteiger partial charge is 0.438 e. The zero-order valence-corrected chi connectivity index (χ0v) is 11.6. The van der Waals surface area contributed by atoms with Crippen molar-refractivity contribution in [3.63, 3.8) is 0 Å². The molecule has 0 saturated heterocycles. The third-order valence-electron chi connectivity index (χ3n) is 2.94. The van der Waals surface area contributed by atoms with E-state index < -0.39 is 23.3 Å². The molecule has 11 nitrogen and oxygen atoms in total. The Bertz CT molecular complexity index is 963. The molecule has 0 spiro atoms. The molecule has 1 unspecified atom stereocenters. The Morgan fingerprint density at radius 2 is 2.23 bits per heavy atom. The number of aryl methyl sites for hydroxylation is 1. The van der Waals surface area contributed by atoms with Crippen molar-refractivity contribution in [1.82, 2.24) is 35.0 Å². The van der Waals surface area contributed by atoms with Gasteiger partial charge in [0, 0.05) is 6.20 Å². The van der Waals surface area contributed by atoms with Crippen LogP contribution in [0.3, 0.4) is 0 Å². The minimum Gasteiger partial charge on any atom is -0.342 e.